The highest BCUT2D eigenvalue weighted by Gasteiger charge is 2.13. The lowest BCUT2D eigenvalue weighted by Crippen LogP contribution is -2.25. The predicted octanol–water partition coefficient (Wildman–Crippen LogP) is 2.43. The Morgan fingerprint density at radius 1 is 1.14 bits per heavy atom. The maximum absolute atomic E-state index is 12.0. The van der Waals surface area contributed by atoms with E-state index >= 15 is 0 Å². The average Bonchev–Trinajstić information content (AvgIpc) is 2.48. The van der Waals surface area contributed by atoms with Crippen LogP contribution in [0.1, 0.15) is 18.4 Å². The van der Waals surface area contributed by atoms with Gasteiger partial charge in [0.25, 0.3) is 0 Å². The van der Waals surface area contributed by atoms with Gasteiger partial charge in [-0.05, 0) is 43.0 Å². The van der Waals surface area contributed by atoms with E-state index in [-0.39, 0.29) is 10.0 Å². The van der Waals surface area contributed by atoms with Gasteiger partial charge in [-0.2, -0.15) is 0 Å². The van der Waals surface area contributed by atoms with Crippen LogP contribution in [0.25, 0.3) is 0 Å². The molecule has 2 aromatic rings. The Morgan fingerprint density at radius 2 is 2.00 bits per heavy atom. The fraction of sp³-hybridized carbons (Fsp3) is 0.286. The summed E-state index contributed by atoms with van der Waals surface area (Å²) in [4.78, 5) is 7.93. The molecule has 0 aliphatic carbocycles. The fourth-order valence-corrected chi connectivity index (χ4v) is 2.94. The Morgan fingerprint density at radius 3 is 2.67 bits per heavy atom. The number of aromatic nitrogens is 2. The number of nitrogens with one attached hydrogen (secondary N) is 1. The van der Waals surface area contributed by atoms with Crippen LogP contribution in [0.15, 0.2) is 47.8 Å². The van der Waals surface area contributed by atoms with Gasteiger partial charge in [0.1, 0.15) is 10.0 Å². The molecule has 0 radical (unpaired) electrons. The quantitative estimate of drug-likeness (QED) is 0.627. The molecule has 0 bridgehead atoms. The summed E-state index contributed by atoms with van der Waals surface area (Å²) in [6.07, 6.45) is 7.35. The fourth-order valence-electron chi connectivity index (χ4n) is 1.81. The predicted molar refractivity (Wildman–Crippen MR) is 81.6 cm³/mol. The van der Waals surface area contributed by atoms with Gasteiger partial charge in [0, 0.05) is 25.1 Å². The van der Waals surface area contributed by atoms with E-state index in [4.69, 9.17) is 11.6 Å². The van der Waals surface area contributed by atoms with Gasteiger partial charge < -0.3 is 0 Å². The van der Waals surface area contributed by atoms with Crippen molar-refractivity contribution in [2.24, 2.45) is 0 Å². The average molecular weight is 326 g/mol. The molecule has 0 spiro atoms. The van der Waals surface area contributed by atoms with E-state index in [9.17, 15) is 8.42 Å². The third-order valence-electron chi connectivity index (χ3n) is 2.92. The van der Waals surface area contributed by atoms with E-state index in [1.807, 2.05) is 18.3 Å². The van der Waals surface area contributed by atoms with Crippen LogP contribution < -0.4 is 4.72 Å². The second-order valence-corrected chi connectivity index (χ2v) is 6.69. The Hall–Kier alpha value is -1.50. The normalized spacial score (nSPS) is 11.5. The number of hydrogen-bond donors (Lipinski definition) is 1. The number of aryl methyl sites for hydroxylation is 1. The lowest BCUT2D eigenvalue weighted by atomic mass is 10.1. The first kappa shape index (κ1) is 15.9. The van der Waals surface area contributed by atoms with Gasteiger partial charge in [0.15, 0.2) is 0 Å². The standard InChI is InChI=1S/C14H16ClN3O2S/c15-14-7-6-13(11-17-14)21(19,20)18-9-2-1-4-12-5-3-8-16-10-12/h3,5-8,10-11,18H,1-2,4,9H2. The zero-order valence-corrected chi connectivity index (χ0v) is 12.9. The van der Waals surface area contributed by atoms with E-state index in [1.165, 1.54) is 18.3 Å². The maximum Gasteiger partial charge on any atom is 0.242 e. The topological polar surface area (TPSA) is 72.0 Å². The van der Waals surface area contributed by atoms with Crippen molar-refractivity contribution in [2.45, 2.75) is 24.2 Å². The molecule has 0 atom stereocenters. The van der Waals surface area contributed by atoms with Gasteiger partial charge in [0.2, 0.25) is 10.0 Å². The van der Waals surface area contributed by atoms with Crippen molar-refractivity contribution in [3.63, 3.8) is 0 Å². The lowest BCUT2D eigenvalue weighted by molar-refractivity contribution is 0.576. The summed E-state index contributed by atoms with van der Waals surface area (Å²) in [5.41, 5.74) is 1.15. The number of unbranched alkanes of at least 4 members (excludes halogenated alkanes) is 1. The van der Waals surface area contributed by atoms with E-state index < -0.39 is 10.0 Å². The van der Waals surface area contributed by atoms with Gasteiger partial charge in [-0.3, -0.25) is 4.98 Å². The Kier molecular flexibility index (Phi) is 5.67. The minimum atomic E-state index is -3.51. The summed E-state index contributed by atoms with van der Waals surface area (Å²) >= 11 is 5.63. The SMILES string of the molecule is O=S(=O)(NCCCCc1cccnc1)c1ccc(Cl)nc1. The lowest BCUT2D eigenvalue weighted by Gasteiger charge is -2.06. The van der Waals surface area contributed by atoms with Crippen molar-refractivity contribution in [3.05, 3.63) is 53.6 Å². The molecule has 21 heavy (non-hydrogen) atoms. The summed E-state index contributed by atoms with van der Waals surface area (Å²) < 4.78 is 26.5. The van der Waals surface area contributed by atoms with Crippen molar-refractivity contribution in [2.75, 3.05) is 6.54 Å². The summed E-state index contributed by atoms with van der Waals surface area (Å²) in [6, 6.07) is 6.80. The molecular formula is C14H16ClN3O2S. The molecule has 0 aliphatic rings. The molecule has 112 valence electrons. The van der Waals surface area contributed by atoms with Crippen molar-refractivity contribution < 1.29 is 8.42 Å². The first-order valence-corrected chi connectivity index (χ1v) is 8.44. The van der Waals surface area contributed by atoms with Crippen LogP contribution in [0, 0.1) is 0 Å². The van der Waals surface area contributed by atoms with Crippen LogP contribution in [0.3, 0.4) is 0 Å². The van der Waals surface area contributed by atoms with Gasteiger partial charge in [0.05, 0.1) is 0 Å². The highest BCUT2D eigenvalue weighted by molar-refractivity contribution is 7.89. The molecule has 0 aliphatic heterocycles. The van der Waals surface area contributed by atoms with Gasteiger partial charge in [-0.25, -0.2) is 18.1 Å². The molecule has 1 N–H and O–H groups in total. The number of rotatable bonds is 7. The molecule has 5 nitrogen and oxygen atoms in total. The van der Waals surface area contributed by atoms with Crippen molar-refractivity contribution in [1.29, 1.82) is 0 Å². The van der Waals surface area contributed by atoms with Crippen LogP contribution in [0.2, 0.25) is 5.15 Å². The monoisotopic (exact) mass is 325 g/mol. The third kappa shape index (κ3) is 5.08. The molecular weight excluding hydrogens is 310 g/mol. The summed E-state index contributed by atoms with van der Waals surface area (Å²) in [6.45, 7) is 0.394. The van der Waals surface area contributed by atoms with Crippen LogP contribution in [-0.4, -0.2) is 24.9 Å². The van der Waals surface area contributed by atoms with Crippen LogP contribution in [0.5, 0.6) is 0 Å². The van der Waals surface area contributed by atoms with Crippen LogP contribution in [0.4, 0.5) is 0 Å². The summed E-state index contributed by atoms with van der Waals surface area (Å²) in [7, 11) is -3.51. The molecule has 0 saturated heterocycles. The molecule has 0 amide bonds. The van der Waals surface area contributed by atoms with Crippen molar-refractivity contribution in [3.8, 4) is 0 Å². The smallest absolute Gasteiger partial charge is 0.242 e. The second kappa shape index (κ2) is 7.49. The minimum absolute atomic E-state index is 0.124. The Balaban J connectivity index is 1.76. The van der Waals surface area contributed by atoms with E-state index in [2.05, 4.69) is 14.7 Å². The molecule has 0 unspecified atom stereocenters. The van der Waals surface area contributed by atoms with E-state index in [1.54, 1.807) is 6.20 Å². The molecule has 7 heteroatoms. The van der Waals surface area contributed by atoms with Gasteiger partial charge in [-0.1, -0.05) is 17.7 Å². The number of halogens is 1. The molecule has 0 aromatic carbocycles. The van der Waals surface area contributed by atoms with Gasteiger partial charge in [-0.15, -0.1) is 0 Å². The Bertz CT molecular complexity index is 660. The van der Waals surface area contributed by atoms with Crippen LogP contribution in [-0.2, 0) is 16.4 Å². The van der Waals surface area contributed by atoms with Crippen molar-refractivity contribution >= 4 is 21.6 Å². The summed E-state index contributed by atoms with van der Waals surface area (Å²) in [5, 5.41) is 0.269. The molecule has 2 aromatic heterocycles. The Labute approximate surface area is 129 Å². The second-order valence-electron chi connectivity index (χ2n) is 4.53. The first-order chi connectivity index (χ1) is 10.1. The van der Waals surface area contributed by atoms with Crippen molar-refractivity contribution in [1.82, 2.24) is 14.7 Å². The highest BCUT2D eigenvalue weighted by Crippen LogP contribution is 2.10. The minimum Gasteiger partial charge on any atom is -0.264 e. The third-order valence-corrected chi connectivity index (χ3v) is 4.59. The maximum atomic E-state index is 12.0. The molecule has 0 saturated carbocycles. The largest absolute Gasteiger partial charge is 0.264 e. The summed E-state index contributed by atoms with van der Waals surface area (Å²) in [5.74, 6) is 0. The number of hydrogen-bond acceptors (Lipinski definition) is 4. The number of nitrogens with zero attached hydrogens (tertiary/aromatic N) is 2. The molecule has 2 rings (SSSR count). The molecule has 0 fully saturated rings. The van der Waals surface area contributed by atoms with Crippen LogP contribution >= 0.6 is 11.6 Å². The molecule has 2 heterocycles. The zero-order valence-electron chi connectivity index (χ0n) is 11.4. The van der Waals surface area contributed by atoms with E-state index in [0.29, 0.717) is 6.54 Å². The highest BCUT2D eigenvalue weighted by atomic mass is 35.5. The first-order valence-electron chi connectivity index (χ1n) is 6.58. The number of pyridine rings is 2. The van der Waals surface area contributed by atoms with E-state index in [0.717, 1.165) is 24.8 Å². The van der Waals surface area contributed by atoms with Gasteiger partial charge >= 0.3 is 0 Å². The zero-order chi connectivity index (χ0) is 15.1. The number of sulfonamides is 1.